The van der Waals surface area contributed by atoms with Crippen LogP contribution in [0, 0.1) is 0 Å². The Kier molecular flexibility index (Phi) is 5.45. The fourth-order valence-corrected chi connectivity index (χ4v) is 2.54. The molecule has 0 saturated carbocycles. The molecule has 0 aliphatic heterocycles. The molecular formula is C17H27NO4. The van der Waals surface area contributed by atoms with Gasteiger partial charge < -0.3 is 25.4 Å². The Morgan fingerprint density at radius 1 is 1.23 bits per heavy atom. The van der Waals surface area contributed by atoms with Crippen molar-refractivity contribution in [3.05, 3.63) is 29.3 Å². The van der Waals surface area contributed by atoms with E-state index >= 15 is 0 Å². The zero-order chi connectivity index (χ0) is 16.3. The van der Waals surface area contributed by atoms with E-state index < -0.39 is 18.3 Å². The van der Waals surface area contributed by atoms with Crippen molar-refractivity contribution in [1.82, 2.24) is 5.32 Å². The third kappa shape index (κ3) is 4.68. The van der Waals surface area contributed by atoms with Crippen molar-refractivity contribution in [3.8, 4) is 5.75 Å². The molecule has 1 unspecified atom stereocenters. The fourth-order valence-electron chi connectivity index (χ4n) is 2.54. The molecule has 0 spiro atoms. The van der Waals surface area contributed by atoms with Crippen LogP contribution in [0.15, 0.2) is 18.2 Å². The summed E-state index contributed by atoms with van der Waals surface area (Å²) in [6, 6.07) is 5.65. The van der Waals surface area contributed by atoms with Crippen LogP contribution in [0.4, 0.5) is 0 Å². The molecule has 0 saturated heterocycles. The van der Waals surface area contributed by atoms with Crippen molar-refractivity contribution in [3.63, 3.8) is 0 Å². The summed E-state index contributed by atoms with van der Waals surface area (Å²) < 4.78 is 5.73. The molecule has 5 heteroatoms. The highest BCUT2D eigenvalue weighted by atomic mass is 16.5. The molecule has 124 valence electrons. The van der Waals surface area contributed by atoms with Crippen molar-refractivity contribution in [1.29, 1.82) is 0 Å². The minimum absolute atomic E-state index is 0.0485. The van der Waals surface area contributed by atoms with Gasteiger partial charge in [0.2, 0.25) is 0 Å². The summed E-state index contributed by atoms with van der Waals surface area (Å²) in [6.45, 7) is 6.78. The smallest absolute Gasteiger partial charge is 0.123 e. The third-order valence-corrected chi connectivity index (χ3v) is 3.82. The Labute approximate surface area is 131 Å². The predicted molar refractivity (Wildman–Crippen MR) is 85.1 cm³/mol. The molecule has 0 aromatic heterocycles. The molecule has 22 heavy (non-hydrogen) atoms. The molecule has 0 fully saturated rings. The van der Waals surface area contributed by atoms with Crippen LogP contribution in [0.3, 0.4) is 0 Å². The summed E-state index contributed by atoms with van der Waals surface area (Å²) in [4.78, 5) is 0. The average molecular weight is 309 g/mol. The topological polar surface area (TPSA) is 82.0 Å². The zero-order valence-electron chi connectivity index (χ0n) is 13.5. The number of β-amino-alcohol motifs (C(OH)–C–C–N with tert-alkyl or cyclic N) is 1. The van der Waals surface area contributed by atoms with E-state index in [0.717, 1.165) is 11.1 Å². The fraction of sp³-hybridized carbons (Fsp3) is 0.647. The van der Waals surface area contributed by atoms with E-state index in [1.165, 1.54) is 0 Å². The first kappa shape index (κ1) is 17.2. The maximum Gasteiger partial charge on any atom is 0.123 e. The van der Waals surface area contributed by atoms with Crippen LogP contribution < -0.4 is 10.1 Å². The molecule has 0 bridgehead atoms. The van der Waals surface area contributed by atoms with Gasteiger partial charge in [-0.3, -0.25) is 0 Å². The molecule has 0 heterocycles. The number of benzene rings is 1. The average Bonchev–Trinajstić information content (AvgIpc) is 2.43. The Morgan fingerprint density at radius 3 is 2.59 bits per heavy atom. The van der Waals surface area contributed by atoms with Gasteiger partial charge in [0.15, 0.2) is 0 Å². The standard InChI is InChI=1S/C17H27NO4/c1-17(2,3)18-9-12(19)10-22-16-6-4-5-11-7-14(20)15(21)8-13(11)16/h4-6,12,14-15,18-21H,7-10H2,1-3H3/t12?,14-,15-/m0/s1. The van der Waals surface area contributed by atoms with Gasteiger partial charge in [0.05, 0.1) is 12.2 Å². The normalized spacial score (nSPS) is 23.0. The number of hydrogen-bond acceptors (Lipinski definition) is 5. The molecule has 0 radical (unpaired) electrons. The molecular weight excluding hydrogens is 282 g/mol. The van der Waals surface area contributed by atoms with E-state index in [-0.39, 0.29) is 12.1 Å². The first-order valence-corrected chi connectivity index (χ1v) is 7.79. The van der Waals surface area contributed by atoms with Gasteiger partial charge >= 0.3 is 0 Å². The summed E-state index contributed by atoms with van der Waals surface area (Å²) in [5.41, 5.74) is 1.88. The van der Waals surface area contributed by atoms with E-state index in [2.05, 4.69) is 5.32 Å². The van der Waals surface area contributed by atoms with Crippen molar-refractivity contribution < 1.29 is 20.1 Å². The summed E-state index contributed by atoms with van der Waals surface area (Å²) in [7, 11) is 0. The van der Waals surface area contributed by atoms with Gasteiger partial charge in [0, 0.05) is 30.5 Å². The lowest BCUT2D eigenvalue weighted by Gasteiger charge is -2.28. The third-order valence-electron chi connectivity index (χ3n) is 3.82. The van der Waals surface area contributed by atoms with E-state index in [1.807, 2.05) is 39.0 Å². The van der Waals surface area contributed by atoms with Crippen LogP contribution in [-0.2, 0) is 12.8 Å². The second-order valence-electron chi connectivity index (χ2n) is 7.03. The largest absolute Gasteiger partial charge is 0.491 e. The van der Waals surface area contributed by atoms with Crippen LogP contribution in [0.2, 0.25) is 0 Å². The molecule has 0 amide bonds. The van der Waals surface area contributed by atoms with Gasteiger partial charge in [-0.1, -0.05) is 12.1 Å². The quantitative estimate of drug-likeness (QED) is 0.641. The number of fused-ring (bicyclic) bond motifs is 1. The van der Waals surface area contributed by atoms with Crippen molar-refractivity contribution in [2.24, 2.45) is 0 Å². The Balaban J connectivity index is 1.95. The molecule has 4 N–H and O–H groups in total. The Hall–Kier alpha value is -1.14. The lowest BCUT2D eigenvalue weighted by atomic mass is 9.87. The zero-order valence-corrected chi connectivity index (χ0v) is 13.5. The van der Waals surface area contributed by atoms with E-state index in [9.17, 15) is 15.3 Å². The summed E-state index contributed by atoms with van der Waals surface area (Å²) in [5.74, 6) is 0.679. The Morgan fingerprint density at radius 2 is 1.91 bits per heavy atom. The van der Waals surface area contributed by atoms with Gasteiger partial charge in [0.1, 0.15) is 18.5 Å². The maximum absolute atomic E-state index is 10.00. The molecule has 1 aliphatic rings. The number of aliphatic hydroxyl groups excluding tert-OH is 3. The summed E-state index contributed by atoms with van der Waals surface area (Å²) >= 11 is 0. The highest BCUT2D eigenvalue weighted by molar-refractivity contribution is 5.43. The first-order chi connectivity index (χ1) is 10.3. The summed E-state index contributed by atoms with van der Waals surface area (Å²) in [6.07, 6.45) is -1.27. The minimum Gasteiger partial charge on any atom is -0.491 e. The SMILES string of the molecule is CC(C)(C)NCC(O)COc1cccc2c1C[C@H](O)[C@@H](O)C2. The number of nitrogens with one attached hydrogen (secondary N) is 1. The van der Waals surface area contributed by atoms with Crippen LogP contribution >= 0.6 is 0 Å². The number of hydrogen-bond donors (Lipinski definition) is 4. The van der Waals surface area contributed by atoms with Crippen LogP contribution in [0.1, 0.15) is 31.9 Å². The predicted octanol–water partition coefficient (Wildman–Crippen LogP) is 0.635. The second-order valence-corrected chi connectivity index (χ2v) is 7.03. The van der Waals surface area contributed by atoms with Gasteiger partial charge in [-0.25, -0.2) is 0 Å². The second kappa shape index (κ2) is 6.96. The van der Waals surface area contributed by atoms with Crippen molar-refractivity contribution >= 4 is 0 Å². The number of rotatable bonds is 5. The van der Waals surface area contributed by atoms with E-state index in [0.29, 0.717) is 25.1 Å². The van der Waals surface area contributed by atoms with Gasteiger partial charge in [-0.05, 0) is 32.4 Å². The van der Waals surface area contributed by atoms with Gasteiger partial charge in [-0.2, -0.15) is 0 Å². The summed E-state index contributed by atoms with van der Waals surface area (Å²) in [5, 5.41) is 32.8. The molecule has 1 aromatic carbocycles. The Bertz CT molecular complexity index is 498. The minimum atomic E-state index is -0.760. The van der Waals surface area contributed by atoms with Gasteiger partial charge in [0.25, 0.3) is 0 Å². The highest BCUT2D eigenvalue weighted by Gasteiger charge is 2.27. The lowest BCUT2D eigenvalue weighted by Crippen LogP contribution is -2.42. The van der Waals surface area contributed by atoms with Crippen molar-refractivity contribution in [2.75, 3.05) is 13.2 Å². The van der Waals surface area contributed by atoms with E-state index in [4.69, 9.17) is 4.74 Å². The number of aliphatic hydroxyl groups is 3. The molecule has 2 rings (SSSR count). The van der Waals surface area contributed by atoms with Crippen LogP contribution in [-0.4, -0.2) is 52.3 Å². The maximum atomic E-state index is 10.00. The van der Waals surface area contributed by atoms with E-state index in [1.54, 1.807) is 0 Å². The molecule has 5 nitrogen and oxygen atoms in total. The molecule has 1 aliphatic carbocycles. The number of ether oxygens (including phenoxy) is 1. The monoisotopic (exact) mass is 309 g/mol. The molecule has 3 atom stereocenters. The first-order valence-electron chi connectivity index (χ1n) is 7.79. The van der Waals surface area contributed by atoms with Crippen molar-refractivity contribution in [2.45, 2.75) is 57.5 Å². The lowest BCUT2D eigenvalue weighted by molar-refractivity contribution is 0.0132. The van der Waals surface area contributed by atoms with Crippen LogP contribution in [0.5, 0.6) is 5.75 Å². The molecule has 1 aromatic rings. The van der Waals surface area contributed by atoms with Gasteiger partial charge in [-0.15, -0.1) is 0 Å². The highest BCUT2D eigenvalue weighted by Crippen LogP contribution is 2.30. The van der Waals surface area contributed by atoms with Crippen LogP contribution in [0.25, 0.3) is 0 Å².